The second kappa shape index (κ2) is 11.0. The van der Waals surface area contributed by atoms with Crippen molar-refractivity contribution < 1.29 is 31.4 Å². The Morgan fingerprint density at radius 1 is 0.907 bits per heavy atom. The van der Waals surface area contributed by atoms with Crippen LogP contribution in [0.25, 0.3) is 56.0 Å². The number of nitrogens with one attached hydrogen (secondary N) is 1. The lowest BCUT2D eigenvalue weighted by Gasteiger charge is -2.20. The molecule has 1 unspecified atom stereocenters. The molecule has 0 radical (unpaired) electrons. The Bertz CT molecular complexity index is 2050. The number of methoxy groups -OCH3 is 1. The highest BCUT2D eigenvalue weighted by molar-refractivity contribution is 7.85. The number of oxazole rings is 1. The number of ether oxygens (including phenoxy) is 1. The van der Waals surface area contributed by atoms with Crippen molar-refractivity contribution in [1.29, 1.82) is 0 Å². The van der Waals surface area contributed by atoms with Gasteiger partial charge in [-0.3, -0.25) is 9.10 Å². The van der Waals surface area contributed by atoms with Gasteiger partial charge >= 0.3 is 0 Å². The highest BCUT2D eigenvalue weighted by atomic mass is 32.2. The lowest BCUT2D eigenvalue weighted by atomic mass is 9.97. The molecule has 0 fully saturated rings. The molecule has 6 aromatic rings. The molecule has 0 spiro atoms. The van der Waals surface area contributed by atoms with E-state index in [0.717, 1.165) is 0 Å². The number of hydrogen-bond donors (Lipinski definition) is 1. The predicted molar refractivity (Wildman–Crippen MR) is 162 cm³/mol. The molecule has 0 aliphatic heterocycles. The second-order valence-electron chi connectivity index (χ2n) is 9.73. The molecule has 11 heteroatoms. The van der Waals surface area contributed by atoms with E-state index in [1.165, 1.54) is 56.6 Å². The van der Waals surface area contributed by atoms with E-state index in [9.17, 15) is 17.8 Å². The quantitative estimate of drug-likeness (QED) is 0.213. The summed E-state index contributed by atoms with van der Waals surface area (Å²) in [5, 5.41) is 3.16. The van der Waals surface area contributed by atoms with Crippen LogP contribution < -0.4 is 14.4 Å². The number of fused-ring (bicyclic) bond motifs is 2. The minimum Gasteiger partial charge on any atom is -0.496 e. The van der Waals surface area contributed by atoms with E-state index in [1.807, 2.05) is 6.07 Å². The normalized spacial score (nSPS) is 12.0. The van der Waals surface area contributed by atoms with Crippen molar-refractivity contribution in [2.24, 2.45) is 0 Å². The third kappa shape index (κ3) is 5.01. The molecule has 0 saturated carbocycles. The fourth-order valence-corrected chi connectivity index (χ4v) is 5.40. The highest BCUT2D eigenvalue weighted by Crippen LogP contribution is 2.43. The van der Waals surface area contributed by atoms with E-state index >= 15 is 0 Å². The van der Waals surface area contributed by atoms with Crippen LogP contribution in [0.5, 0.6) is 5.75 Å². The lowest BCUT2D eigenvalue weighted by molar-refractivity contribution is 0.0964. The van der Waals surface area contributed by atoms with Gasteiger partial charge in [0, 0.05) is 49.0 Å². The lowest BCUT2D eigenvalue weighted by Crippen LogP contribution is -2.20. The van der Waals surface area contributed by atoms with Crippen LogP contribution in [-0.4, -0.2) is 42.6 Å². The number of anilines is 1. The molecule has 6 rings (SSSR count). The standard InChI is InChI=1S/C32H25F2N3O5S/c1-35-31(38)29-22-15-21(25(37(2)43(4)39)16-28(22)41-30(29)17-5-8-19(33)9-6-17)18-7-11-26(40-3)23(13-18)32-36-24-14-20(34)10-12-27(24)42-32/h5-16H,1-4H3,(H,35,38). The van der Waals surface area contributed by atoms with Gasteiger partial charge in [-0.1, -0.05) is 6.07 Å². The van der Waals surface area contributed by atoms with E-state index in [0.29, 0.717) is 55.8 Å². The van der Waals surface area contributed by atoms with Crippen molar-refractivity contribution in [3.05, 3.63) is 90.0 Å². The number of halogens is 2. The summed E-state index contributed by atoms with van der Waals surface area (Å²) in [5.41, 5.74) is 4.31. The smallest absolute Gasteiger partial charge is 0.255 e. The van der Waals surface area contributed by atoms with Gasteiger partial charge in [-0.2, -0.15) is 0 Å². The Morgan fingerprint density at radius 2 is 1.63 bits per heavy atom. The first kappa shape index (κ1) is 28.1. The van der Waals surface area contributed by atoms with E-state index in [2.05, 4.69) is 10.3 Å². The molecule has 1 amide bonds. The monoisotopic (exact) mass is 601 g/mol. The number of aromatic nitrogens is 1. The van der Waals surface area contributed by atoms with E-state index < -0.39 is 28.5 Å². The van der Waals surface area contributed by atoms with E-state index in [-0.39, 0.29) is 17.2 Å². The third-order valence-corrected chi connectivity index (χ3v) is 8.15. The first-order valence-electron chi connectivity index (χ1n) is 13.1. The molecule has 2 heterocycles. The SMILES string of the molecule is CNC(=O)c1c(-c2ccc(F)cc2)oc2cc(N(C)S(C)=O)c(-c3ccc(OC)c(-c4nc5cc(F)ccc5o4)c3)cc12. The number of carbonyl (C=O) groups excluding carboxylic acids is 1. The van der Waals surface area contributed by atoms with Crippen LogP contribution in [-0.2, 0) is 11.0 Å². The second-order valence-corrected chi connectivity index (χ2v) is 11.1. The molecule has 8 nitrogen and oxygen atoms in total. The molecule has 4 aromatic carbocycles. The predicted octanol–water partition coefficient (Wildman–Crippen LogP) is 6.95. The summed E-state index contributed by atoms with van der Waals surface area (Å²) in [6, 6.07) is 18.6. The van der Waals surface area contributed by atoms with E-state index in [4.69, 9.17) is 13.6 Å². The summed E-state index contributed by atoms with van der Waals surface area (Å²) in [6.07, 6.45) is 1.55. The highest BCUT2D eigenvalue weighted by Gasteiger charge is 2.25. The first-order valence-corrected chi connectivity index (χ1v) is 14.6. The Labute approximate surface area is 247 Å². The van der Waals surface area contributed by atoms with Crippen molar-refractivity contribution in [2.45, 2.75) is 0 Å². The largest absolute Gasteiger partial charge is 0.496 e. The van der Waals surface area contributed by atoms with Crippen molar-refractivity contribution in [3.63, 3.8) is 0 Å². The number of carbonyl (C=O) groups is 1. The number of furan rings is 1. The maximum Gasteiger partial charge on any atom is 0.255 e. The topological polar surface area (TPSA) is 97.8 Å². The zero-order valence-electron chi connectivity index (χ0n) is 23.5. The van der Waals surface area contributed by atoms with Crippen molar-refractivity contribution in [3.8, 4) is 39.7 Å². The van der Waals surface area contributed by atoms with Crippen molar-refractivity contribution in [2.75, 3.05) is 31.8 Å². The summed E-state index contributed by atoms with van der Waals surface area (Å²) >= 11 is 0. The number of amides is 1. The van der Waals surface area contributed by atoms with E-state index in [1.54, 1.807) is 41.9 Å². The Kier molecular flexibility index (Phi) is 7.18. The molecule has 0 bridgehead atoms. The van der Waals surface area contributed by atoms with Gasteiger partial charge < -0.3 is 18.9 Å². The van der Waals surface area contributed by atoms with Crippen LogP contribution in [0.4, 0.5) is 14.5 Å². The van der Waals surface area contributed by atoms with Gasteiger partial charge in [-0.05, 0) is 60.2 Å². The average Bonchev–Trinajstić information content (AvgIpc) is 3.60. The van der Waals surface area contributed by atoms with Crippen LogP contribution in [0.2, 0.25) is 0 Å². The van der Waals surface area contributed by atoms with Gasteiger partial charge in [0.2, 0.25) is 5.89 Å². The fraction of sp³-hybridized carbons (Fsp3) is 0.125. The molecule has 0 aliphatic carbocycles. The summed E-state index contributed by atoms with van der Waals surface area (Å²) in [6.45, 7) is 0. The van der Waals surface area contributed by atoms with Gasteiger partial charge in [0.15, 0.2) is 5.58 Å². The number of nitrogens with zero attached hydrogens (tertiary/aromatic N) is 2. The zero-order valence-corrected chi connectivity index (χ0v) is 24.3. The maximum absolute atomic E-state index is 13.8. The summed E-state index contributed by atoms with van der Waals surface area (Å²) in [4.78, 5) is 17.7. The van der Waals surface area contributed by atoms with Crippen LogP contribution >= 0.6 is 0 Å². The van der Waals surface area contributed by atoms with Crippen LogP contribution in [0.3, 0.4) is 0 Å². The van der Waals surface area contributed by atoms with Crippen molar-refractivity contribution >= 4 is 44.6 Å². The fourth-order valence-electron chi connectivity index (χ4n) is 4.98. The van der Waals surface area contributed by atoms with Crippen LogP contribution in [0.1, 0.15) is 10.4 Å². The molecule has 1 N–H and O–H groups in total. The first-order chi connectivity index (χ1) is 20.7. The van der Waals surface area contributed by atoms with Gasteiger partial charge in [0.1, 0.15) is 45.2 Å². The molecular weight excluding hydrogens is 576 g/mol. The summed E-state index contributed by atoms with van der Waals surface area (Å²) < 4.78 is 59.6. The molecule has 1 atom stereocenters. The van der Waals surface area contributed by atoms with Gasteiger partial charge in [0.05, 0.1) is 23.9 Å². The Morgan fingerprint density at radius 3 is 2.33 bits per heavy atom. The molecule has 0 aliphatic rings. The molecule has 2 aromatic heterocycles. The molecule has 218 valence electrons. The minimum atomic E-state index is -1.42. The Hall–Kier alpha value is -5.03. The minimum absolute atomic E-state index is 0.224. The van der Waals surface area contributed by atoms with Crippen molar-refractivity contribution in [1.82, 2.24) is 10.3 Å². The van der Waals surface area contributed by atoms with Crippen LogP contribution in [0, 0.1) is 11.6 Å². The summed E-state index contributed by atoms with van der Waals surface area (Å²) in [5.74, 6) is -0.280. The number of benzene rings is 4. The molecular formula is C32H25F2N3O5S. The maximum atomic E-state index is 13.8. The van der Waals surface area contributed by atoms with Gasteiger partial charge in [-0.25, -0.2) is 18.0 Å². The van der Waals surface area contributed by atoms with Gasteiger partial charge in [0.25, 0.3) is 5.91 Å². The van der Waals surface area contributed by atoms with Gasteiger partial charge in [-0.15, -0.1) is 0 Å². The molecule has 43 heavy (non-hydrogen) atoms. The number of rotatable bonds is 7. The number of hydrogen-bond acceptors (Lipinski definition) is 6. The average molecular weight is 602 g/mol. The third-order valence-electron chi connectivity index (χ3n) is 7.18. The van der Waals surface area contributed by atoms with Crippen LogP contribution in [0.15, 0.2) is 81.6 Å². The zero-order chi connectivity index (χ0) is 30.4. The summed E-state index contributed by atoms with van der Waals surface area (Å²) in [7, 11) is 3.30. The Balaban J connectivity index is 1.61. The molecule has 0 saturated heterocycles.